The zero-order chi connectivity index (χ0) is 26.9. The normalized spacial score (nSPS) is 15.5. The Bertz CT molecular complexity index is 907. The van der Waals surface area contributed by atoms with Gasteiger partial charge in [0, 0.05) is 19.2 Å². The van der Waals surface area contributed by atoms with Gasteiger partial charge >= 0.3 is 5.97 Å². The van der Waals surface area contributed by atoms with Crippen LogP contribution in [0.4, 0.5) is 4.39 Å². The maximum atomic E-state index is 13.0. The van der Waals surface area contributed by atoms with Crippen molar-refractivity contribution in [1.82, 2.24) is 15.5 Å². The molecule has 1 aliphatic heterocycles. The van der Waals surface area contributed by atoms with Crippen molar-refractivity contribution in [2.75, 3.05) is 19.7 Å². The van der Waals surface area contributed by atoms with Crippen LogP contribution in [0.1, 0.15) is 83.1 Å². The number of esters is 1. The SMILES string of the molecule is CCCCCCCCCCCCOC(=O)CC1C(=O)NCCN1C(=S)NC(=O)/C=C/c1ccc(F)cc1. The fraction of sp³-hybridized carbons (Fsp3) is 0.571. The smallest absolute Gasteiger partial charge is 0.308 e. The molecule has 37 heavy (non-hydrogen) atoms. The highest BCUT2D eigenvalue weighted by molar-refractivity contribution is 7.80. The van der Waals surface area contributed by atoms with Crippen molar-refractivity contribution in [1.29, 1.82) is 0 Å². The first-order valence-corrected chi connectivity index (χ1v) is 13.8. The summed E-state index contributed by atoms with van der Waals surface area (Å²) in [6.45, 7) is 3.27. The van der Waals surface area contributed by atoms with Gasteiger partial charge in [0.05, 0.1) is 13.0 Å². The lowest BCUT2D eigenvalue weighted by molar-refractivity contribution is -0.147. The first kappa shape index (κ1) is 30.4. The first-order valence-electron chi connectivity index (χ1n) is 13.4. The van der Waals surface area contributed by atoms with E-state index in [4.69, 9.17) is 17.0 Å². The highest BCUT2D eigenvalue weighted by Crippen LogP contribution is 2.13. The Hall–Kier alpha value is -2.81. The number of halogens is 1. The van der Waals surface area contributed by atoms with Gasteiger partial charge in [0.1, 0.15) is 11.9 Å². The summed E-state index contributed by atoms with van der Waals surface area (Å²) in [4.78, 5) is 38.7. The third kappa shape index (κ3) is 12.3. The standard InChI is InChI=1S/C28H40FN3O4S/c1-2-3-4-5-6-7-8-9-10-11-20-36-26(34)21-24-27(35)30-18-19-32(24)28(37)31-25(33)17-14-22-12-15-23(29)16-13-22/h12-17,24H,2-11,18-21H2,1H3,(H,30,35)(H,31,33,37)/b17-14+. The van der Waals surface area contributed by atoms with Crippen molar-refractivity contribution in [3.8, 4) is 0 Å². The van der Waals surface area contributed by atoms with E-state index in [9.17, 15) is 18.8 Å². The van der Waals surface area contributed by atoms with Gasteiger partial charge < -0.3 is 15.0 Å². The lowest BCUT2D eigenvalue weighted by atomic mass is 10.1. The largest absolute Gasteiger partial charge is 0.466 e. The van der Waals surface area contributed by atoms with Gasteiger partial charge in [-0.05, 0) is 42.4 Å². The minimum absolute atomic E-state index is 0.0658. The number of unbranched alkanes of at least 4 members (excludes halogenated alkanes) is 9. The number of amides is 2. The second-order valence-electron chi connectivity index (χ2n) is 9.29. The second kappa shape index (κ2) is 17.6. The summed E-state index contributed by atoms with van der Waals surface area (Å²) >= 11 is 5.35. The highest BCUT2D eigenvalue weighted by Gasteiger charge is 2.34. The molecule has 0 spiro atoms. The summed E-state index contributed by atoms with van der Waals surface area (Å²) in [7, 11) is 0. The van der Waals surface area contributed by atoms with E-state index in [1.165, 1.54) is 69.2 Å². The lowest BCUT2D eigenvalue weighted by Crippen LogP contribution is -2.60. The molecule has 0 bridgehead atoms. The third-order valence-electron chi connectivity index (χ3n) is 6.24. The van der Waals surface area contributed by atoms with E-state index < -0.39 is 17.9 Å². The average Bonchev–Trinajstić information content (AvgIpc) is 2.88. The topological polar surface area (TPSA) is 87.7 Å². The average molecular weight is 534 g/mol. The van der Waals surface area contributed by atoms with Crippen LogP contribution in [0.5, 0.6) is 0 Å². The number of piperazine rings is 1. The molecule has 204 valence electrons. The molecule has 2 amide bonds. The van der Waals surface area contributed by atoms with E-state index in [1.54, 1.807) is 17.0 Å². The van der Waals surface area contributed by atoms with Gasteiger partial charge in [0.2, 0.25) is 11.8 Å². The first-order chi connectivity index (χ1) is 17.9. The van der Waals surface area contributed by atoms with Gasteiger partial charge in [-0.15, -0.1) is 0 Å². The number of carbonyl (C=O) groups is 3. The number of hydrogen-bond acceptors (Lipinski definition) is 5. The minimum atomic E-state index is -0.845. The molecule has 1 fully saturated rings. The molecule has 0 aliphatic carbocycles. The fourth-order valence-electron chi connectivity index (χ4n) is 4.12. The van der Waals surface area contributed by atoms with Crippen molar-refractivity contribution in [2.45, 2.75) is 83.6 Å². The van der Waals surface area contributed by atoms with Crippen LogP contribution >= 0.6 is 12.2 Å². The zero-order valence-corrected chi connectivity index (χ0v) is 22.6. The monoisotopic (exact) mass is 533 g/mol. The predicted octanol–water partition coefficient (Wildman–Crippen LogP) is 4.89. The fourth-order valence-corrected chi connectivity index (χ4v) is 4.44. The minimum Gasteiger partial charge on any atom is -0.466 e. The van der Waals surface area contributed by atoms with Crippen LogP contribution < -0.4 is 10.6 Å². The van der Waals surface area contributed by atoms with Crippen molar-refractivity contribution < 1.29 is 23.5 Å². The second-order valence-corrected chi connectivity index (χ2v) is 9.67. The van der Waals surface area contributed by atoms with Crippen LogP contribution in [0.25, 0.3) is 6.08 Å². The van der Waals surface area contributed by atoms with Gasteiger partial charge in [0.15, 0.2) is 5.11 Å². The van der Waals surface area contributed by atoms with E-state index in [-0.39, 0.29) is 23.3 Å². The number of rotatable bonds is 15. The molecule has 1 aromatic carbocycles. The number of benzene rings is 1. The van der Waals surface area contributed by atoms with Gasteiger partial charge in [-0.1, -0.05) is 76.8 Å². The summed E-state index contributed by atoms with van der Waals surface area (Å²) in [5.74, 6) is -1.64. The molecular weight excluding hydrogens is 493 g/mol. The van der Waals surface area contributed by atoms with Gasteiger partial charge in [-0.3, -0.25) is 19.7 Å². The summed E-state index contributed by atoms with van der Waals surface area (Å²) < 4.78 is 18.4. The Balaban J connectivity index is 1.70. The van der Waals surface area contributed by atoms with Crippen LogP contribution in [-0.4, -0.2) is 53.5 Å². The maximum Gasteiger partial charge on any atom is 0.308 e. The number of nitrogens with zero attached hydrogens (tertiary/aromatic N) is 1. The molecule has 1 unspecified atom stereocenters. The van der Waals surface area contributed by atoms with E-state index >= 15 is 0 Å². The number of carbonyl (C=O) groups excluding carboxylic acids is 3. The zero-order valence-electron chi connectivity index (χ0n) is 21.8. The summed E-state index contributed by atoms with van der Waals surface area (Å²) in [5, 5.41) is 5.37. The van der Waals surface area contributed by atoms with Crippen LogP contribution in [0.2, 0.25) is 0 Å². The highest BCUT2D eigenvalue weighted by atomic mass is 32.1. The molecule has 9 heteroatoms. The summed E-state index contributed by atoms with van der Waals surface area (Å²) in [6, 6.07) is 4.85. The maximum absolute atomic E-state index is 13.0. The van der Waals surface area contributed by atoms with Crippen LogP contribution in [-0.2, 0) is 19.1 Å². The predicted molar refractivity (Wildman–Crippen MR) is 147 cm³/mol. The number of hydrogen-bond donors (Lipinski definition) is 2. The van der Waals surface area contributed by atoms with Crippen LogP contribution in [0.15, 0.2) is 30.3 Å². The van der Waals surface area contributed by atoms with Crippen molar-refractivity contribution in [2.24, 2.45) is 0 Å². The Morgan fingerprint density at radius 3 is 2.35 bits per heavy atom. The Labute approximate surface area is 225 Å². The quantitative estimate of drug-likeness (QED) is 0.144. The molecule has 1 heterocycles. The van der Waals surface area contributed by atoms with E-state index in [1.807, 2.05) is 0 Å². The number of nitrogens with one attached hydrogen (secondary N) is 2. The molecule has 0 aromatic heterocycles. The third-order valence-corrected chi connectivity index (χ3v) is 6.58. The van der Waals surface area contributed by atoms with Crippen molar-refractivity contribution in [3.63, 3.8) is 0 Å². The Morgan fingerprint density at radius 1 is 1.08 bits per heavy atom. The van der Waals surface area contributed by atoms with E-state index in [2.05, 4.69) is 17.6 Å². The molecule has 0 saturated carbocycles. The van der Waals surface area contributed by atoms with E-state index in [0.717, 1.165) is 19.3 Å². The van der Waals surface area contributed by atoms with Crippen molar-refractivity contribution in [3.05, 3.63) is 41.7 Å². The van der Waals surface area contributed by atoms with Crippen molar-refractivity contribution >= 4 is 41.2 Å². The summed E-state index contributed by atoms with van der Waals surface area (Å²) in [5.41, 5.74) is 0.655. The molecule has 2 N–H and O–H groups in total. The molecule has 2 rings (SSSR count). The molecule has 1 aliphatic rings. The Morgan fingerprint density at radius 2 is 1.70 bits per heavy atom. The molecule has 0 radical (unpaired) electrons. The Kier molecular flexibility index (Phi) is 14.5. The lowest BCUT2D eigenvalue weighted by Gasteiger charge is -2.36. The molecule has 1 aromatic rings. The molecule has 1 saturated heterocycles. The van der Waals surface area contributed by atoms with Gasteiger partial charge in [-0.25, -0.2) is 4.39 Å². The van der Waals surface area contributed by atoms with Gasteiger partial charge in [-0.2, -0.15) is 0 Å². The molecule has 7 nitrogen and oxygen atoms in total. The van der Waals surface area contributed by atoms with E-state index in [0.29, 0.717) is 25.3 Å². The van der Waals surface area contributed by atoms with Crippen LogP contribution in [0, 0.1) is 5.82 Å². The van der Waals surface area contributed by atoms with Gasteiger partial charge in [0.25, 0.3) is 0 Å². The molecular formula is C28H40FN3O4S. The summed E-state index contributed by atoms with van der Waals surface area (Å²) in [6.07, 6.45) is 14.6. The molecule has 1 atom stereocenters. The number of thiocarbonyl (C=S) groups is 1. The van der Waals surface area contributed by atoms with Crippen LogP contribution in [0.3, 0.4) is 0 Å². The number of ether oxygens (including phenoxy) is 1.